The van der Waals surface area contributed by atoms with Crippen LogP contribution in [0.1, 0.15) is 21.6 Å². The van der Waals surface area contributed by atoms with E-state index in [9.17, 15) is 4.79 Å². The lowest BCUT2D eigenvalue weighted by Crippen LogP contribution is -1.95. The van der Waals surface area contributed by atoms with Gasteiger partial charge in [-0.05, 0) is 41.0 Å². The fourth-order valence-corrected chi connectivity index (χ4v) is 3.41. The second-order valence-corrected chi connectivity index (χ2v) is 5.24. The first kappa shape index (κ1) is 11.2. The number of hydrogen-bond acceptors (Lipinski definition) is 2. The van der Waals surface area contributed by atoms with Crippen molar-refractivity contribution in [3.8, 4) is 0 Å². The Morgan fingerprint density at radius 2 is 1.94 bits per heavy atom. The molecule has 1 heterocycles. The van der Waals surface area contributed by atoms with Crippen LogP contribution in [0.3, 0.4) is 0 Å². The van der Waals surface area contributed by atoms with E-state index in [-0.39, 0.29) is 0 Å². The van der Waals surface area contributed by atoms with E-state index < -0.39 is 5.97 Å². The molecule has 3 heteroatoms. The molecule has 3 rings (SSSR count). The van der Waals surface area contributed by atoms with Gasteiger partial charge in [0.15, 0.2) is 0 Å². The number of aliphatic carboxylic acids is 1. The largest absolute Gasteiger partial charge is 0.478 e. The third kappa shape index (κ3) is 1.87. The van der Waals surface area contributed by atoms with Crippen LogP contribution >= 0.6 is 11.3 Å². The topological polar surface area (TPSA) is 37.3 Å². The summed E-state index contributed by atoms with van der Waals surface area (Å²) in [6.07, 6.45) is 3.28. The molecule has 90 valence electrons. The van der Waals surface area contributed by atoms with E-state index in [0.29, 0.717) is 0 Å². The first-order valence-corrected chi connectivity index (χ1v) is 6.73. The predicted molar refractivity (Wildman–Crippen MR) is 72.9 cm³/mol. The molecule has 0 saturated carbocycles. The van der Waals surface area contributed by atoms with E-state index in [0.717, 1.165) is 28.9 Å². The first-order chi connectivity index (χ1) is 8.75. The van der Waals surface area contributed by atoms with Crippen LogP contribution in [0.15, 0.2) is 41.8 Å². The van der Waals surface area contributed by atoms with Crippen molar-refractivity contribution in [3.05, 3.63) is 63.4 Å². The second kappa shape index (κ2) is 4.42. The summed E-state index contributed by atoms with van der Waals surface area (Å²) in [5.74, 6) is -0.888. The SMILES string of the molecule is O=C(O)/C=C1/c2ccccc2CCc2ccsc21. The molecular weight excluding hydrogens is 244 g/mol. The molecule has 0 radical (unpaired) electrons. The van der Waals surface area contributed by atoms with Crippen molar-refractivity contribution >= 4 is 22.9 Å². The Morgan fingerprint density at radius 3 is 2.78 bits per heavy atom. The average molecular weight is 256 g/mol. The zero-order valence-corrected chi connectivity index (χ0v) is 10.5. The summed E-state index contributed by atoms with van der Waals surface area (Å²) in [5.41, 5.74) is 4.39. The summed E-state index contributed by atoms with van der Waals surface area (Å²) in [6.45, 7) is 0. The van der Waals surface area contributed by atoms with Crippen molar-refractivity contribution in [2.75, 3.05) is 0 Å². The van der Waals surface area contributed by atoms with Crippen LogP contribution in [-0.4, -0.2) is 11.1 Å². The minimum Gasteiger partial charge on any atom is -0.478 e. The van der Waals surface area contributed by atoms with Gasteiger partial charge in [-0.25, -0.2) is 4.79 Å². The van der Waals surface area contributed by atoms with E-state index in [1.165, 1.54) is 17.2 Å². The van der Waals surface area contributed by atoms with Gasteiger partial charge >= 0.3 is 5.97 Å². The Morgan fingerprint density at radius 1 is 1.17 bits per heavy atom. The molecule has 18 heavy (non-hydrogen) atoms. The summed E-state index contributed by atoms with van der Waals surface area (Å²) in [4.78, 5) is 12.1. The zero-order valence-electron chi connectivity index (χ0n) is 9.72. The Bertz CT molecular complexity index is 637. The van der Waals surface area contributed by atoms with E-state index in [2.05, 4.69) is 12.1 Å². The molecular formula is C15H12O2S. The van der Waals surface area contributed by atoms with Crippen LogP contribution in [0.2, 0.25) is 0 Å². The summed E-state index contributed by atoms with van der Waals surface area (Å²) in [6, 6.07) is 10.2. The van der Waals surface area contributed by atoms with E-state index in [4.69, 9.17) is 5.11 Å². The highest BCUT2D eigenvalue weighted by atomic mass is 32.1. The molecule has 0 fully saturated rings. The van der Waals surface area contributed by atoms with Gasteiger partial charge in [-0.1, -0.05) is 24.3 Å². The van der Waals surface area contributed by atoms with Crippen LogP contribution in [-0.2, 0) is 17.6 Å². The van der Waals surface area contributed by atoms with E-state index in [1.54, 1.807) is 11.3 Å². The Hall–Kier alpha value is -1.87. The molecule has 2 nitrogen and oxygen atoms in total. The Kier molecular flexibility index (Phi) is 2.76. The van der Waals surface area contributed by atoms with Gasteiger partial charge in [0.25, 0.3) is 0 Å². The molecule has 1 N–H and O–H groups in total. The quantitative estimate of drug-likeness (QED) is 0.794. The van der Waals surface area contributed by atoms with E-state index in [1.807, 2.05) is 23.6 Å². The number of carbonyl (C=O) groups is 1. The van der Waals surface area contributed by atoms with Gasteiger partial charge in [0.1, 0.15) is 0 Å². The van der Waals surface area contributed by atoms with E-state index >= 15 is 0 Å². The minimum atomic E-state index is -0.888. The highest BCUT2D eigenvalue weighted by Crippen LogP contribution is 2.36. The number of carboxylic acids is 1. The molecule has 0 aliphatic heterocycles. The lowest BCUT2D eigenvalue weighted by molar-refractivity contribution is -0.131. The summed E-state index contributed by atoms with van der Waals surface area (Å²) in [7, 11) is 0. The number of aryl methyl sites for hydroxylation is 2. The molecule has 0 saturated heterocycles. The van der Waals surface area contributed by atoms with Crippen LogP contribution in [0.4, 0.5) is 0 Å². The van der Waals surface area contributed by atoms with Gasteiger partial charge < -0.3 is 5.11 Å². The van der Waals surface area contributed by atoms with Crippen molar-refractivity contribution in [1.82, 2.24) is 0 Å². The third-order valence-electron chi connectivity index (χ3n) is 3.23. The maximum Gasteiger partial charge on any atom is 0.328 e. The average Bonchev–Trinajstić information content (AvgIpc) is 2.77. The van der Waals surface area contributed by atoms with Crippen LogP contribution < -0.4 is 0 Å². The van der Waals surface area contributed by atoms with Gasteiger partial charge in [-0.3, -0.25) is 0 Å². The number of benzene rings is 1. The number of hydrogen-bond donors (Lipinski definition) is 1. The van der Waals surface area contributed by atoms with Gasteiger partial charge in [-0.2, -0.15) is 0 Å². The third-order valence-corrected chi connectivity index (χ3v) is 4.22. The first-order valence-electron chi connectivity index (χ1n) is 5.85. The normalized spacial score (nSPS) is 15.9. The lowest BCUT2D eigenvalue weighted by Gasteiger charge is -2.08. The molecule has 0 unspecified atom stereocenters. The summed E-state index contributed by atoms with van der Waals surface area (Å²) < 4.78 is 0. The fourth-order valence-electron chi connectivity index (χ4n) is 2.43. The number of fused-ring (bicyclic) bond motifs is 2. The standard InChI is InChI=1S/C15H12O2S/c16-14(17)9-13-12-4-2-1-3-10(12)5-6-11-7-8-18-15(11)13/h1-4,7-9H,5-6H2,(H,16,17)/b13-9-. The molecule has 0 atom stereocenters. The molecule has 0 amide bonds. The van der Waals surface area contributed by atoms with Gasteiger partial charge in [0.2, 0.25) is 0 Å². The molecule has 2 aromatic rings. The van der Waals surface area contributed by atoms with Crippen molar-refractivity contribution < 1.29 is 9.90 Å². The smallest absolute Gasteiger partial charge is 0.328 e. The molecule has 1 aliphatic carbocycles. The maximum absolute atomic E-state index is 11.0. The predicted octanol–water partition coefficient (Wildman–Crippen LogP) is 3.36. The van der Waals surface area contributed by atoms with Crippen molar-refractivity contribution in [1.29, 1.82) is 0 Å². The van der Waals surface area contributed by atoms with Crippen molar-refractivity contribution in [2.24, 2.45) is 0 Å². The maximum atomic E-state index is 11.0. The van der Waals surface area contributed by atoms with Crippen LogP contribution in [0.5, 0.6) is 0 Å². The molecule has 1 aromatic carbocycles. The fraction of sp³-hybridized carbons (Fsp3) is 0.133. The van der Waals surface area contributed by atoms with Crippen LogP contribution in [0.25, 0.3) is 5.57 Å². The molecule has 0 spiro atoms. The minimum absolute atomic E-state index is 0.848. The van der Waals surface area contributed by atoms with Gasteiger partial charge in [-0.15, -0.1) is 11.3 Å². The highest BCUT2D eigenvalue weighted by molar-refractivity contribution is 7.11. The lowest BCUT2D eigenvalue weighted by atomic mass is 9.99. The summed E-state index contributed by atoms with van der Waals surface area (Å²) in [5, 5.41) is 11.1. The van der Waals surface area contributed by atoms with Crippen molar-refractivity contribution in [2.45, 2.75) is 12.8 Å². The van der Waals surface area contributed by atoms with Crippen LogP contribution in [0, 0.1) is 0 Å². The Labute approximate surface area is 109 Å². The number of rotatable bonds is 1. The zero-order chi connectivity index (χ0) is 12.5. The second-order valence-electron chi connectivity index (χ2n) is 4.33. The molecule has 0 bridgehead atoms. The monoisotopic (exact) mass is 256 g/mol. The highest BCUT2D eigenvalue weighted by Gasteiger charge is 2.19. The summed E-state index contributed by atoms with van der Waals surface area (Å²) >= 11 is 1.62. The van der Waals surface area contributed by atoms with Gasteiger partial charge in [0.05, 0.1) is 0 Å². The van der Waals surface area contributed by atoms with Gasteiger partial charge in [0, 0.05) is 16.5 Å². The molecule has 1 aliphatic rings. The Balaban J connectivity index is 2.26. The number of carboxylic acid groups (broad SMARTS) is 1. The van der Waals surface area contributed by atoms with Crippen molar-refractivity contribution in [3.63, 3.8) is 0 Å². The number of thiophene rings is 1. The molecule has 1 aromatic heterocycles.